The van der Waals surface area contributed by atoms with Gasteiger partial charge in [-0.05, 0) is 24.3 Å². The number of hydrogen-bond acceptors (Lipinski definition) is 5. The lowest BCUT2D eigenvalue weighted by atomic mass is 10.3. The van der Waals surface area contributed by atoms with Crippen LogP contribution in [0.4, 0.5) is 5.69 Å². The van der Waals surface area contributed by atoms with Gasteiger partial charge in [0.05, 0.1) is 18.6 Å². The van der Waals surface area contributed by atoms with E-state index in [0.29, 0.717) is 17.5 Å². The van der Waals surface area contributed by atoms with Gasteiger partial charge in [-0.15, -0.1) is 16.8 Å². The Balaban J connectivity index is 1.76. The van der Waals surface area contributed by atoms with Crippen LogP contribution in [0.2, 0.25) is 0 Å². The van der Waals surface area contributed by atoms with E-state index in [-0.39, 0.29) is 11.7 Å². The number of amides is 1. The topological polar surface area (TPSA) is 60.2 Å². The zero-order chi connectivity index (χ0) is 19.1. The summed E-state index contributed by atoms with van der Waals surface area (Å²) in [6.07, 6.45) is 3.33. The summed E-state index contributed by atoms with van der Waals surface area (Å²) in [5.74, 6) is 0.917. The summed E-state index contributed by atoms with van der Waals surface area (Å²) in [5, 5.41) is 8.76. The molecule has 0 bridgehead atoms. The molecule has 7 heteroatoms. The fraction of sp³-hybridized carbons (Fsp3) is 0.150. The minimum absolute atomic E-state index is 0.0272. The van der Waals surface area contributed by atoms with Gasteiger partial charge in [0.25, 0.3) is 0 Å². The number of methoxy groups -OCH3 is 1. The number of nitrogens with zero attached hydrogens (tertiary/aromatic N) is 4. The van der Waals surface area contributed by atoms with Crippen molar-refractivity contribution in [2.75, 3.05) is 24.3 Å². The van der Waals surface area contributed by atoms with Crippen molar-refractivity contribution in [1.82, 2.24) is 14.8 Å². The Kier molecular flexibility index (Phi) is 6.27. The highest BCUT2D eigenvalue weighted by Gasteiger charge is 2.17. The van der Waals surface area contributed by atoms with E-state index in [1.807, 2.05) is 59.2 Å². The second-order valence-electron chi connectivity index (χ2n) is 5.57. The first kappa shape index (κ1) is 18.7. The average molecular weight is 380 g/mol. The second kappa shape index (κ2) is 9.05. The van der Waals surface area contributed by atoms with Gasteiger partial charge in [-0.2, -0.15) is 0 Å². The summed E-state index contributed by atoms with van der Waals surface area (Å²) >= 11 is 1.33. The molecule has 0 saturated heterocycles. The van der Waals surface area contributed by atoms with Crippen molar-refractivity contribution >= 4 is 23.4 Å². The van der Waals surface area contributed by atoms with Crippen molar-refractivity contribution in [1.29, 1.82) is 0 Å². The molecule has 0 aliphatic heterocycles. The molecule has 1 amide bonds. The molecule has 0 spiro atoms. The van der Waals surface area contributed by atoms with E-state index in [0.717, 1.165) is 11.4 Å². The third kappa shape index (κ3) is 4.38. The molecule has 1 heterocycles. The molecule has 3 rings (SSSR count). The van der Waals surface area contributed by atoms with E-state index >= 15 is 0 Å². The zero-order valence-electron chi connectivity index (χ0n) is 15.0. The van der Waals surface area contributed by atoms with Crippen molar-refractivity contribution in [3.8, 4) is 11.4 Å². The van der Waals surface area contributed by atoms with Crippen molar-refractivity contribution in [3.63, 3.8) is 0 Å². The lowest BCUT2D eigenvalue weighted by Crippen LogP contribution is -2.32. The van der Waals surface area contributed by atoms with E-state index < -0.39 is 0 Å². The van der Waals surface area contributed by atoms with Gasteiger partial charge in [0.15, 0.2) is 5.16 Å². The van der Waals surface area contributed by atoms with Crippen molar-refractivity contribution in [3.05, 3.63) is 73.6 Å². The quantitative estimate of drug-likeness (QED) is 0.441. The van der Waals surface area contributed by atoms with Crippen LogP contribution in [-0.2, 0) is 4.79 Å². The molecule has 1 aromatic heterocycles. The van der Waals surface area contributed by atoms with Gasteiger partial charge < -0.3 is 9.64 Å². The Morgan fingerprint density at radius 1 is 1.22 bits per heavy atom. The maximum absolute atomic E-state index is 12.8. The maximum Gasteiger partial charge on any atom is 0.237 e. The minimum atomic E-state index is -0.0272. The van der Waals surface area contributed by atoms with Crippen LogP contribution in [-0.4, -0.2) is 40.1 Å². The summed E-state index contributed by atoms with van der Waals surface area (Å²) in [6.45, 7) is 4.20. The first-order valence-corrected chi connectivity index (χ1v) is 9.35. The van der Waals surface area contributed by atoms with Gasteiger partial charge in [0.1, 0.15) is 12.1 Å². The highest BCUT2D eigenvalue weighted by atomic mass is 32.2. The summed E-state index contributed by atoms with van der Waals surface area (Å²) in [6, 6.07) is 17.2. The number of rotatable bonds is 8. The number of anilines is 1. The lowest BCUT2D eigenvalue weighted by Gasteiger charge is -2.21. The summed E-state index contributed by atoms with van der Waals surface area (Å²) in [5.41, 5.74) is 1.67. The molecule has 0 saturated carbocycles. The second-order valence-corrected chi connectivity index (χ2v) is 6.52. The molecule has 27 heavy (non-hydrogen) atoms. The maximum atomic E-state index is 12.8. The Bertz CT molecular complexity index is 911. The van der Waals surface area contributed by atoms with Crippen LogP contribution in [0, 0.1) is 0 Å². The van der Waals surface area contributed by atoms with Crippen LogP contribution < -0.4 is 9.64 Å². The molecular weight excluding hydrogens is 360 g/mol. The van der Waals surface area contributed by atoms with Crippen molar-refractivity contribution in [2.45, 2.75) is 5.16 Å². The van der Waals surface area contributed by atoms with E-state index in [9.17, 15) is 4.79 Å². The predicted molar refractivity (Wildman–Crippen MR) is 108 cm³/mol. The van der Waals surface area contributed by atoms with E-state index in [1.165, 1.54) is 11.8 Å². The number of carbonyl (C=O) groups excluding carboxylic acids is 1. The molecule has 2 aromatic carbocycles. The highest BCUT2D eigenvalue weighted by molar-refractivity contribution is 7.99. The van der Waals surface area contributed by atoms with Gasteiger partial charge >= 0.3 is 0 Å². The molecule has 0 radical (unpaired) electrons. The van der Waals surface area contributed by atoms with Crippen LogP contribution in [0.25, 0.3) is 5.69 Å². The molecule has 3 aromatic rings. The number of benzene rings is 2. The molecule has 0 unspecified atom stereocenters. The first-order valence-electron chi connectivity index (χ1n) is 8.37. The Morgan fingerprint density at radius 3 is 2.70 bits per heavy atom. The lowest BCUT2D eigenvalue weighted by molar-refractivity contribution is -0.116. The number of hydrogen-bond donors (Lipinski definition) is 0. The number of carbonyl (C=O) groups is 1. The largest absolute Gasteiger partial charge is 0.495 e. The molecular formula is C20H20N4O2S. The predicted octanol–water partition coefficient (Wildman–Crippen LogP) is 3.59. The van der Waals surface area contributed by atoms with Crippen LogP contribution in [0.3, 0.4) is 0 Å². The molecule has 0 N–H and O–H groups in total. The summed E-state index contributed by atoms with van der Waals surface area (Å²) < 4.78 is 7.22. The third-order valence-electron chi connectivity index (χ3n) is 3.87. The molecule has 138 valence electrons. The Labute approximate surface area is 162 Å². The van der Waals surface area contributed by atoms with E-state index in [4.69, 9.17) is 4.74 Å². The number of para-hydroxylation sites is 3. The molecule has 0 fully saturated rings. The minimum Gasteiger partial charge on any atom is -0.495 e. The van der Waals surface area contributed by atoms with Crippen LogP contribution in [0.1, 0.15) is 0 Å². The smallest absolute Gasteiger partial charge is 0.237 e. The Hall–Kier alpha value is -3.06. The monoisotopic (exact) mass is 380 g/mol. The zero-order valence-corrected chi connectivity index (χ0v) is 15.8. The standard InChI is InChI=1S/C20H20N4O2S/c1-3-13-23(16-9-5-4-6-10-16)19(25)14-27-20-22-21-15-24(20)17-11-7-8-12-18(17)26-2/h3-12,15H,1,13-14H2,2H3. The normalized spacial score (nSPS) is 10.4. The van der Waals surface area contributed by atoms with E-state index in [1.54, 1.807) is 24.4 Å². The van der Waals surface area contributed by atoms with Gasteiger partial charge in [-0.3, -0.25) is 9.36 Å². The molecule has 0 aliphatic carbocycles. The van der Waals surface area contributed by atoms with Crippen LogP contribution in [0.15, 0.2) is 78.7 Å². The molecule has 0 aliphatic rings. The van der Waals surface area contributed by atoms with Crippen LogP contribution >= 0.6 is 11.8 Å². The highest BCUT2D eigenvalue weighted by Crippen LogP contribution is 2.27. The average Bonchev–Trinajstić information content (AvgIpc) is 3.19. The molecule has 0 atom stereocenters. The number of ether oxygens (including phenoxy) is 1. The summed E-state index contributed by atoms with van der Waals surface area (Å²) in [7, 11) is 1.62. The van der Waals surface area contributed by atoms with Crippen LogP contribution in [0.5, 0.6) is 5.75 Å². The van der Waals surface area contributed by atoms with Crippen molar-refractivity contribution in [2.24, 2.45) is 0 Å². The van der Waals surface area contributed by atoms with E-state index in [2.05, 4.69) is 16.8 Å². The number of thioether (sulfide) groups is 1. The van der Waals surface area contributed by atoms with Gasteiger partial charge in [-0.25, -0.2) is 0 Å². The fourth-order valence-corrected chi connectivity index (χ4v) is 3.41. The molecule has 6 nitrogen and oxygen atoms in total. The van der Waals surface area contributed by atoms with Crippen molar-refractivity contribution < 1.29 is 9.53 Å². The first-order chi connectivity index (χ1) is 13.2. The van der Waals surface area contributed by atoms with Gasteiger partial charge in [0, 0.05) is 12.2 Å². The van der Waals surface area contributed by atoms with Gasteiger partial charge in [-0.1, -0.05) is 48.2 Å². The summed E-state index contributed by atoms with van der Waals surface area (Å²) in [4.78, 5) is 14.5. The third-order valence-corrected chi connectivity index (χ3v) is 4.79. The van der Waals surface area contributed by atoms with Gasteiger partial charge in [0.2, 0.25) is 5.91 Å². The SMILES string of the molecule is C=CCN(C(=O)CSc1nncn1-c1ccccc1OC)c1ccccc1. The fourth-order valence-electron chi connectivity index (χ4n) is 2.61. The number of aromatic nitrogens is 3. The Morgan fingerprint density at radius 2 is 1.96 bits per heavy atom.